The number of unbranched alkanes of at least 4 members (excludes halogenated alkanes) is 1. The molecule has 0 aromatic carbocycles. The Labute approximate surface area is 99.9 Å². The molecule has 78 valence electrons. The van der Waals surface area contributed by atoms with E-state index < -0.39 is 0 Å². The van der Waals surface area contributed by atoms with Crippen molar-refractivity contribution < 1.29 is 4.79 Å². The lowest BCUT2D eigenvalue weighted by Crippen LogP contribution is -2.24. The van der Waals surface area contributed by atoms with Gasteiger partial charge < -0.3 is 10.3 Å². The summed E-state index contributed by atoms with van der Waals surface area (Å²) >= 11 is 6.59. The number of carbonyl (C=O) groups excluding carboxylic acids is 1. The maximum absolute atomic E-state index is 11.5. The van der Waals surface area contributed by atoms with Gasteiger partial charge in [0.15, 0.2) is 0 Å². The van der Waals surface area contributed by atoms with Gasteiger partial charge in [-0.3, -0.25) is 4.79 Å². The minimum atomic E-state index is -0.0650. The highest BCUT2D eigenvalue weighted by Gasteiger charge is 2.09. The number of nitrogens with one attached hydrogen (secondary N) is 2. The molecule has 1 amide bonds. The molecule has 2 N–H and O–H groups in total. The van der Waals surface area contributed by atoms with Crippen LogP contribution < -0.4 is 5.32 Å². The first kappa shape index (κ1) is 11.8. The highest BCUT2D eigenvalue weighted by atomic mass is 79.9. The van der Waals surface area contributed by atoms with Crippen molar-refractivity contribution in [1.82, 2.24) is 10.3 Å². The van der Waals surface area contributed by atoms with E-state index in [2.05, 4.69) is 49.1 Å². The highest BCUT2D eigenvalue weighted by Crippen LogP contribution is 2.22. The zero-order valence-corrected chi connectivity index (χ0v) is 11.0. The molecule has 0 aliphatic carbocycles. The quantitative estimate of drug-likeness (QED) is 0.822. The third kappa shape index (κ3) is 3.13. The van der Waals surface area contributed by atoms with Gasteiger partial charge in [-0.25, -0.2) is 0 Å². The Morgan fingerprint density at radius 1 is 1.57 bits per heavy atom. The average Bonchev–Trinajstić information content (AvgIpc) is 2.47. The first-order valence-corrected chi connectivity index (χ1v) is 6.06. The van der Waals surface area contributed by atoms with E-state index in [0.717, 1.165) is 28.5 Å². The van der Waals surface area contributed by atoms with E-state index in [9.17, 15) is 4.79 Å². The molecular formula is C9H12Br2N2O. The SMILES string of the molecule is CCCCNC(=O)c1cc(Br)c(Br)[nH]1. The van der Waals surface area contributed by atoms with Crippen LogP contribution in [0.4, 0.5) is 0 Å². The summed E-state index contributed by atoms with van der Waals surface area (Å²) in [6.07, 6.45) is 2.09. The first-order chi connectivity index (χ1) is 6.65. The topological polar surface area (TPSA) is 44.9 Å². The largest absolute Gasteiger partial charge is 0.351 e. The number of carbonyl (C=O) groups is 1. The van der Waals surface area contributed by atoms with Crippen molar-refractivity contribution in [2.24, 2.45) is 0 Å². The van der Waals surface area contributed by atoms with Crippen molar-refractivity contribution in [2.45, 2.75) is 19.8 Å². The fourth-order valence-corrected chi connectivity index (χ4v) is 1.66. The number of hydrogen-bond acceptors (Lipinski definition) is 1. The van der Waals surface area contributed by atoms with E-state index in [-0.39, 0.29) is 5.91 Å². The Kier molecular flexibility index (Phi) is 4.68. The van der Waals surface area contributed by atoms with Crippen molar-refractivity contribution >= 4 is 37.8 Å². The van der Waals surface area contributed by atoms with Crippen LogP contribution in [0, 0.1) is 0 Å². The van der Waals surface area contributed by atoms with Crippen LogP contribution in [0.3, 0.4) is 0 Å². The van der Waals surface area contributed by atoms with Gasteiger partial charge in [-0.1, -0.05) is 13.3 Å². The van der Waals surface area contributed by atoms with Crippen LogP contribution >= 0.6 is 31.9 Å². The van der Waals surface area contributed by atoms with Gasteiger partial charge in [0.25, 0.3) is 5.91 Å². The number of aromatic nitrogens is 1. The summed E-state index contributed by atoms with van der Waals surface area (Å²) in [7, 11) is 0. The van der Waals surface area contributed by atoms with E-state index in [1.165, 1.54) is 0 Å². The van der Waals surface area contributed by atoms with Gasteiger partial charge in [0.2, 0.25) is 0 Å². The molecule has 0 saturated carbocycles. The molecule has 1 aromatic heterocycles. The smallest absolute Gasteiger partial charge is 0.267 e. The highest BCUT2D eigenvalue weighted by molar-refractivity contribution is 9.13. The molecule has 0 unspecified atom stereocenters. The standard InChI is InChI=1S/C9H12Br2N2O/c1-2-3-4-12-9(14)7-5-6(10)8(11)13-7/h5,13H,2-4H2,1H3,(H,12,14). The first-order valence-electron chi connectivity index (χ1n) is 4.47. The molecule has 0 aliphatic rings. The second kappa shape index (κ2) is 5.56. The van der Waals surface area contributed by atoms with Crippen molar-refractivity contribution in [3.8, 4) is 0 Å². The van der Waals surface area contributed by atoms with Crippen molar-refractivity contribution in [3.63, 3.8) is 0 Å². The van der Waals surface area contributed by atoms with Crippen molar-refractivity contribution in [3.05, 3.63) is 20.8 Å². The fourth-order valence-electron chi connectivity index (χ4n) is 1.00. The van der Waals surface area contributed by atoms with Crippen LogP contribution in [0.25, 0.3) is 0 Å². The number of rotatable bonds is 4. The van der Waals surface area contributed by atoms with Gasteiger partial charge in [-0.15, -0.1) is 0 Å². The number of aromatic amines is 1. The molecule has 0 fully saturated rings. The van der Waals surface area contributed by atoms with Crippen LogP contribution in [-0.2, 0) is 0 Å². The molecule has 0 bridgehead atoms. The molecule has 0 aliphatic heterocycles. The Morgan fingerprint density at radius 3 is 2.79 bits per heavy atom. The van der Waals surface area contributed by atoms with Gasteiger partial charge in [0, 0.05) is 6.54 Å². The lowest BCUT2D eigenvalue weighted by Gasteiger charge is -2.01. The summed E-state index contributed by atoms with van der Waals surface area (Å²) in [5.41, 5.74) is 0.569. The van der Waals surface area contributed by atoms with Crippen molar-refractivity contribution in [2.75, 3.05) is 6.54 Å². The maximum atomic E-state index is 11.5. The van der Waals surface area contributed by atoms with E-state index in [4.69, 9.17) is 0 Å². The second-order valence-corrected chi connectivity index (χ2v) is 4.60. The Bertz CT molecular complexity index is 303. The molecule has 3 nitrogen and oxygen atoms in total. The predicted octanol–water partition coefficient (Wildman–Crippen LogP) is 3.07. The third-order valence-electron chi connectivity index (χ3n) is 1.79. The lowest BCUT2D eigenvalue weighted by molar-refractivity contribution is 0.0948. The van der Waals surface area contributed by atoms with E-state index in [0.29, 0.717) is 5.69 Å². The Balaban J connectivity index is 2.52. The van der Waals surface area contributed by atoms with Crippen LogP contribution in [0.15, 0.2) is 15.1 Å². The summed E-state index contributed by atoms with van der Waals surface area (Å²) in [4.78, 5) is 14.4. The zero-order valence-electron chi connectivity index (χ0n) is 7.86. The lowest BCUT2D eigenvalue weighted by atomic mass is 10.3. The number of halogens is 2. The average molecular weight is 324 g/mol. The predicted molar refractivity (Wildman–Crippen MR) is 63.4 cm³/mol. The van der Waals surface area contributed by atoms with E-state index in [1.807, 2.05) is 0 Å². The van der Waals surface area contributed by atoms with Gasteiger partial charge in [-0.05, 0) is 44.3 Å². The molecule has 1 rings (SSSR count). The number of H-pyrrole nitrogens is 1. The Hall–Kier alpha value is -0.290. The second-order valence-electron chi connectivity index (χ2n) is 2.95. The molecule has 0 atom stereocenters. The summed E-state index contributed by atoms with van der Waals surface area (Å²) in [6, 6.07) is 1.76. The van der Waals surface area contributed by atoms with Crippen LogP contribution in [0.2, 0.25) is 0 Å². The van der Waals surface area contributed by atoms with Crippen LogP contribution in [-0.4, -0.2) is 17.4 Å². The summed E-state index contributed by atoms with van der Waals surface area (Å²) in [5, 5.41) is 2.83. The third-order valence-corrected chi connectivity index (χ3v) is 3.57. The molecular weight excluding hydrogens is 312 g/mol. The minimum absolute atomic E-state index is 0.0650. The number of hydrogen-bond donors (Lipinski definition) is 2. The number of amides is 1. The van der Waals surface area contributed by atoms with Gasteiger partial charge in [0.05, 0.1) is 9.08 Å². The molecule has 1 heterocycles. The monoisotopic (exact) mass is 322 g/mol. The Morgan fingerprint density at radius 2 is 2.29 bits per heavy atom. The van der Waals surface area contributed by atoms with E-state index >= 15 is 0 Å². The molecule has 14 heavy (non-hydrogen) atoms. The maximum Gasteiger partial charge on any atom is 0.267 e. The molecule has 5 heteroatoms. The zero-order chi connectivity index (χ0) is 10.6. The van der Waals surface area contributed by atoms with Crippen molar-refractivity contribution in [1.29, 1.82) is 0 Å². The van der Waals surface area contributed by atoms with Gasteiger partial charge in [-0.2, -0.15) is 0 Å². The molecule has 1 aromatic rings. The molecule has 0 radical (unpaired) electrons. The van der Waals surface area contributed by atoms with E-state index in [1.54, 1.807) is 6.07 Å². The fraction of sp³-hybridized carbons (Fsp3) is 0.444. The molecule has 0 saturated heterocycles. The van der Waals surface area contributed by atoms with Crippen LogP contribution in [0.1, 0.15) is 30.3 Å². The van der Waals surface area contributed by atoms with Crippen LogP contribution in [0.5, 0.6) is 0 Å². The normalized spacial score (nSPS) is 10.2. The molecule has 0 spiro atoms. The summed E-state index contributed by atoms with van der Waals surface area (Å²) in [5.74, 6) is -0.0650. The summed E-state index contributed by atoms with van der Waals surface area (Å²) < 4.78 is 1.65. The minimum Gasteiger partial charge on any atom is -0.351 e. The van der Waals surface area contributed by atoms with Gasteiger partial charge in [0.1, 0.15) is 5.69 Å². The van der Waals surface area contributed by atoms with Gasteiger partial charge >= 0.3 is 0 Å². The summed E-state index contributed by atoms with van der Waals surface area (Å²) in [6.45, 7) is 2.82.